The Hall–Kier alpha value is -4.98. The van der Waals surface area contributed by atoms with Crippen LogP contribution in [-0.2, 0) is 21.3 Å². The van der Waals surface area contributed by atoms with E-state index in [0.29, 0.717) is 29.9 Å². The van der Waals surface area contributed by atoms with E-state index in [4.69, 9.17) is 0 Å². The van der Waals surface area contributed by atoms with E-state index in [0.717, 1.165) is 21.3 Å². The zero-order valence-electron chi connectivity index (χ0n) is 37.5. The van der Waals surface area contributed by atoms with Crippen molar-refractivity contribution in [3.05, 3.63) is 238 Å². The van der Waals surface area contributed by atoms with Gasteiger partial charge in [0.05, 0.1) is 0 Å². The maximum absolute atomic E-state index is 2.47. The third kappa shape index (κ3) is 9.57. The molecule has 1 heterocycles. The molecule has 0 amide bonds. The van der Waals surface area contributed by atoms with Crippen LogP contribution in [0.25, 0.3) is 65.3 Å². The number of hydrogen-bond donors (Lipinski definition) is 0. The fraction of sp³-hybridized carbons (Fsp3) is 0.0968. The van der Waals surface area contributed by atoms with Crippen molar-refractivity contribution < 1.29 is 0 Å². The van der Waals surface area contributed by atoms with Crippen molar-refractivity contribution in [1.29, 1.82) is 0 Å². The first-order valence-corrected chi connectivity index (χ1v) is 32.0. The molecule has 0 N–H and O–H groups in total. The van der Waals surface area contributed by atoms with Crippen molar-refractivity contribution in [3.63, 3.8) is 0 Å². The molecule has 0 aliphatic heterocycles. The van der Waals surface area contributed by atoms with Gasteiger partial charge < -0.3 is 0 Å². The summed E-state index contributed by atoms with van der Waals surface area (Å²) >= 11 is 3.11. The van der Waals surface area contributed by atoms with Gasteiger partial charge in [-0.25, -0.2) is 0 Å². The Kier molecular flexibility index (Phi) is 13.5. The van der Waals surface area contributed by atoms with Crippen LogP contribution in [0.15, 0.2) is 205 Å². The second kappa shape index (κ2) is 20.3. The van der Waals surface area contributed by atoms with Crippen LogP contribution in [0.1, 0.15) is 33.4 Å². The second-order valence-corrected chi connectivity index (χ2v) is 26.6. The van der Waals surface area contributed by atoms with E-state index in [9.17, 15) is 0 Å². The number of rotatable bonds is 14. The Morgan fingerprint density at radius 1 is 0.299 bits per heavy atom. The van der Waals surface area contributed by atoms with Crippen molar-refractivity contribution in [3.8, 4) is 22.3 Å². The van der Waals surface area contributed by atoms with E-state index in [2.05, 4.69) is 219 Å². The van der Waals surface area contributed by atoms with Crippen LogP contribution in [0.4, 0.5) is 0 Å². The first kappa shape index (κ1) is 44.5. The molecule has 0 radical (unpaired) electrons. The number of aryl methyl sites for hydroxylation is 2. The average molecular weight is 1140 g/mol. The number of fused-ring (bicyclic) bond motifs is 4. The quantitative estimate of drug-likeness (QED) is 0.0952. The second-order valence-electron chi connectivity index (χ2n) is 17.2. The van der Waals surface area contributed by atoms with E-state index in [1.165, 1.54) is 108 Å². The summed E-state index contributed by atoms with van der Waals surface area (Å²) in [5, 5.41) is 19.9. The number of hydrogen-bond acceptors (Lipinski definition) is 1. The minimum atomic E-state index is 0.276. The summed E-state index contributed by atoms with van der Waals surface area (Å²) in [6.07, 6.45) is 0. The normalized spacial score (nSPS) is 11.6. The molecule has 0 aliphatic carbocycles. The molecule has 11 aromatic rings. The molecule has 0 nitrogen and oxygen atoms in total. The maximum atomic E-state index is 2.47. The summed E-state index contributed by atoms with van der Waals surface area (Å²) in [5.41, 5.74) is 14.2. The summed E-state index contributed by atoms with van der Waals surface area (Å²) in [6, 6.07) is 73.8. The van der Waals surface area contributed by atoms with Gasteiger partial charge in [-0.05, 0) is 0 Å². The first-order valence-electron chi connectivity index (χ1n) is 22.8. The van der Waals surface area contributed by atoms with Crippen LogP contribution in [0.5, 0.6) is 0 Å². The molecular formula is C62H48SSe4. The predicted molar refractivity (Wildman–Crippen MR) is 297 cm³/mol. The van der Waals surface area contributed by atoms with Gasteiger partial charge in [0.1, 0.15) is 0 Å². The van der Waals surface area contributed by atoms with E-state index in [1.54, 1.807) is 8.92 Å². The first-order chi connectivity index (χ1) is 33.0. The van der Waals surface area contributed by atoms with Crippen LogP contribution >= 0.6 is 11.3 Å². The van der Waals surface area contributed by atoms with E-state index in [1.807, 2.05) is 11.3 Å². The molecule has 0 aliphatic rings. The summed E-state index contributed by atoms with van der Waals surface area (Å²) in [5.74, 6) is 0. The molecule has 5 heteroatoms. The molecule has 11 rings (SSSR count). The van der Waals surface area contributed by atoms with Crippen LogP contribution in [-0.4, -0.2) is 59.8 Å². The third-order valence-electron chi connectivity index (χ3n) is 12.8. The van der Waals surface area contributed by atoms with Gasteiger partial charge in [0.2, 0.25) is 0 Å². The Bertz CT molecular complexity index is 3320. The molecule has 0 bridgehead atoms. The van der Waals surface area contributed by atoms with Crippen LogP contribution in [0.2, 0.25) is 0 Å². The van der Waals surface area contributed by atoms with Gasteiger partial charge in [-0.3, -0.25) is 0 Å². The van der Waals surface area contributed by atoms with Crippen molar-refractivity contribution >= 4 is 132 Å². The van der Waals surface area contributed by atoms with Gasteiger partial charge in [-0.15, -0.1) is 0 Å². The Morgan fingerprint density at radius 3 is 0.896 bits per heavy atom. The fourth-order valence-corrected chi connectivity index (χ4v) is 20.1. The van der Waals surface area contributed by atoms with Crippen molar-refractivity contribution in [1.82, 2.24) is 0 Å². The van der Waals surface area contributed by atoms with Crippen molar-refractivity contribution in [2.45, 2.75) is 35.1 Å². The molecule has 0 fully saturated rings. The minimum absolute atomic E-state index is 0.276. The van der Waals surface area contributed by atoms with Gasteiger partial charge in [-0.1, -0.05) is 0 Å². The summed E-state index contributed by atoms with van der Waals surface area (Å²) in [7, 11) is 0. The zero-order chi connectivity index (χ0) is 45.1. The van der Waals surface area contributed by atoms with E-state index >= 15 is 0 Å². The third-order valence-corrected chi connectivity index (χ3v) is 23.9. The van der Waals surface area contributed by atoms with Gasteiger partial charge in [0.15, 0.2) is 0 Å². The zero-order valence-corrected chi connectivity index (χ0v) is 45.2. The Balaban J connectivity index is 0.933. The van der Waals surface area contributed by atoms with Gasteiger partial charge in [0, 0.05) is 0 Å². The molecule has 326 valence electrons. The van der Waals surface area contributed by atoms with Gasteiger partial charge in [-0.2, -0.15) is 0 Å². The van der Waals surface area contributed by atoms with Crippen LogP contribution < -0.4 is 17.8 Å². The van der Waals surface area contributed by atoms with E-state index in [-0.39, 0.29) is 29.9 Å². The molecule has 0 saturated heterocycles. The fourth-order valence-electron chi connectivity index (χ4n) is 9.32. The topological polar surface area (TPSA) is 0 Å². The summed E-state index contributed by atoms with van der Waals surface area (Å²) < 4.78 is 6.06. The predicted octanol–water partition coefficient (Wildman–Crippen LogP) is 12.4. The summed E-state index contributed by atoms with van der Waals surface area (Å²) in [4.78, 5) is 0. The monoisotopic (exact) mass is 1140 g/mol. The molecule has 10 aromatic carbocycles. The van der Waals surface area contributed by atoms with Crippen molar-refractivity contribution in [2.75, 3.05) is 0 Å². The molecule has 0 unspecified atom stereocenters. The molecule has 0 spiro atoms. The van der Waals surface area contributed by atoms with E-state index < -0.39 is 0 Å². The Labute approximate surface area is 423 Å². The average Bonchev–Trinajstić information content (AvgIpc) is 3.83. The number of thiophene rings is 1. The molecule has 0 saturated carbocycles. The van der Waals surface area contributed by atoms with Crippen LogP contribution in [0.3, 0.4) is 0 Å². The standard InChI is InChI=1S/C62H48SSe4/c1-41-19-31-51(32-20-41)64-37-47-27-23-43-11-3-7-15-53(43)59(47)61-49(29-25-45-13-5-9-17-55(45)61)39-66-57-35-63-36-58(57)67-40-50-30-26-46-14-6-10-18-56(46)62(50)60-48(28-24-44-12-4-8-16-54(44)60)38-65-52-33-21-42(2)22-34-52/h3-36H,37-40H2,1-2H3. The molecular weight excluding hydrogens is 1090 g/mol. The molecule has 0 atom stereocenters. The molecule has 1 aromatic heterocycles. The number of benzene rings is 10. The van der Waals surface area contributed by atoms with Crippen molar-refractivity contribution in [2.24, 2.45) is 0 Å². The van der Waals surface area contributed by atoms with Gasteiger partial charge >= 0.3 is 428 Å². The van der Waals surface area contributed by atoms with Crippen LogP contribution in [0, 0.1) is 13.8 Å². The summed E-state index contributed by atoms with van der Waals surface area (Å²) in [6.45, 7) is 4.36. The SMILES string of the molecule is Cc1ccc([Se]Cc2ccc3ccccc3c2-c2c(C[Se]c3cscc3[Se]Cc3ccc4ccccc4c3-c3c(C[Se]c4ccc(C)cc4)ccc4ccccc34)ccc3ccccc23)cc1. The van der Waals surface area contributed by atoms with Gasteiger partial charge in [0.25, 0.3) is 0 Å². The Morgan fingerprint density at radius 2 is 0.582 bits per heavy atom. The molecule has 67 heavy (non-hydrogen) atoms.